The number of hydrogen-bond donors (Lipinski definition) is 1. The number of hydrogen-bond acceptors (Lipinski definition) is 5. The molecule has 5 nitrogen and oxygen atoms in total. The van der Waals surface area contributed by atoms with Crippen LogP contribution in [0.2, 0.25) is 0 Å². The van der Waals surface area contributed by atoms with Crippen molar-refractivity contribution in [1.29, 1.82) is 0 Å². The molecule has 0 atom stereocenters. The highest BCUT2D eigenvalue weighted by atomic mass is 16.5. The summed E-state index contributed by atoms with van der Waals surface area (Å²) >= 11 is 0. The van der Waals surface area contributed by atoms with E-state index in [-0.39, 0.29) is 0 Å². The summed E-state index contributed by atoms with van der Waals surface area (Å²) in [5, 5.41) is 3.15. The minimum atomic E-state index is 0.366. The van der Waals surface area contributed by atoms with E-state index in [1.54, 1.807) is 13.2 Å². The summed E-state index contributed by atoms with van der Waals surface area (Å²) in [5.41, 5.74) is 2.82. The third kappa shape index (κ3) is 2.71. The summed E-state index contributed by atoms with van der Waals surface area (Å²) in [6.45, 7) is 6.27. The zero-order valence-electron chi connectivity index (χ0n) is 12.6. The zero-order chi connectivity index (χ0) is 14.7. The first-order valence-electron chi connectivity index (χ1n) is 6.64. The molecule has 2 aromatic heterocycles. The van der Waals surface area contributed by atoms with Crippen LogP contribution < -0.4 is 10.1 Å². The number of nitrogens with one attached hydrogen (secondary N) is 1. The highest BCUT2D eigenvalue weighted by molar-refractivity contribution is 5.57. The molecule has 0 aliphatic rings. The fourth-order valence-corrected chi connectivity index (χ4v) is 2.23. The quantitative estimate of drug-likeness (QED) is 0.927. The van der Waals surface area contributed by atoms with Crippen molar-refractivity contribution in [3.05, 3.63) is 29.5 Å². The molecular formula is C15H20N4O. The molecule has 0 amide bonds. The molecule has 20 heavy (non-hydrogen) atoms. The standard InChI is InChI=1S/C15H20N4O/c1-9(2)13-10(3)17-14(19-15(13)16-4)11-7-6-8-12(18-11)20-5/h6-9H,1-5H3,(H,16,17,19). The van der Waals surface area contributed by atoms with Crippen LogP contribution in [-0.2, 0) is 0 Å². The molecule has 106 valence electrons. The number of rotatable bonds is 4. The Hall–Kier alpha value is -2.17. The van der Waals surface area contributed by atoms with Gasteiger partial charge in [-0.15, -0.1) is 0 Å². The fraction of sp³-hybridized carbons (Fsp3) is 0.400. The van der Waals surface area contributed by atoms with E-state index in [4.69, 9.17) is 4.74 Å². The number of nitrogens with zero attached hydrogens (tertiary/aromatic N) is 3. The van der Waals surface area contributed by atoms with E-state index in [9.17, 15) is 0 Å². The van der Waals surface area contributed by atoms with E-state index in [1.165, 1.54) is 0 Å². The van der Waals surface area contributed by atoms with E-state index in [1.807, 2.05) is 26.1 Å². The Morgan fingerprint density at radius 2 is 1.90 bits per heavy atom. The molecule has 2 rings (SSSR count). The molecule has 5 heteroatoms. The predicted molar refractivity (Wildman–Crippen MR) is 80.2 cm³/mol. The maximum atomic E-state index is 5.14. The molecule has 0 spiro atoms. The van der Waals surface area contributed by atoms with Crippen molar-refractivity contribution in [2.45, 2.75) is 26.7 Å². The number of ether oxygens (including phenoxy) is 1. The van der Waals surface area contributed by atoms with Gasteiger partial charge in [-0.25, -0.2) is 15.0 Å². The van der Waals surface area contributed by atoms with Crippen LogP contribution in [0, 0.1) is 6.92 Å². The highest BCUT2D eigenvalue weighted by Gasteiger charge is 2.15. The summed E-state index contributed by atoms with van der Waals surface area (Å²) in [6, 6.07) is 5.57. The lowest BCUT2D eigenvalue weighted by Gasteiger charge is -2.15. The van der Waals surface area contributed by atoms with Crippen LogP contribution in [0.25, 0.3) is 11.5 Å². The SMILES string of the molecule is CNc1nc(-c2cccc(OC)n2)nc(C)c1C(C)C. The number of aryl methyl sites for hydroxylation is 1. The molecule has 0 aromatic carbocycles. The number of aromatic nitrogens is 3. The third-order valence-corrected chi connectivity index (χ3v) is 3.11. The number of anilines is 1. The first kappa shape index (κ1) is 14.2. The first-order chi connectivity index (χ1) is 9.56. The van der Waals surface area contributed by atoms with Crippen LogP contribution in [0.15, 0.2) is 18.2 Å². The molecule has 0 saturated carbocycles. The van der Waals surface area contributed by atoms with Gasteiger partial charge in [-0.2, -0.15) is 0 Å². The predicted octanol–water partition coefficient (Wildman–Crippen LogP) is 3.02. The number of methoxy groups -OCH3 is 1. The fourth-order valence-electron chi connectivity index (χ4n) is 2.23. The van der Waals surface area contributed by atoms with Crippen molar-refractivity contribution in [3.63, 3.8) is 0 Å². The van der Waals surface area contributed by atoms with Gasteiger partial charge in [0.25, 0.3) is 0 Å². The lowest BCUT2D eigenvalue weighted by Crippen LogP contribution is -2.07. The molecule has 2 heterocycles. The van der Waals surface area contributed by atoms with Crippen LogP contribution in [0.1, 0.15) is 31.0 Å². The Morgan fingerprint density at radius 1 is 1.15 bits per heavy atom. The van der Waals surface area contributed by atoms with Crippen molar-refractivity contribution in [1.82, 2.24) is 15.0 Å². The Morgan fingerprint density at radius 3 is 2.50 bits per heavy atom. The second kappa shape index (κ2) is 5.86. The van der Waals surface area contributed by atoms with Gasteiger partial charge in [-0.3, -0.25) is 0 Å². The highest BCUT2D eigenvalue weighted by Crippen LogP contribution is 2.27. The van der Waals surface area contributed by atoms with Crippen LogP contribution >= 0.6 is 0 Å². The van der Waals surface area contributed by atoms with Gasteiger partial charge in [0.05, 0.1) is 7.11 Å². The first-order valence-corrected chi connectivity index (χ1v) is 6.64. The Balaban J connectivity index is 2.55. The summed E-state index contributed by atoms with van der Waals surface area (Å²) in [4.78, 5) is 13.5. The van der Waals surface area contributed by atoms with Crippen LogP contribution in [0.3, 0.4) is 0 Å². The zero-order valence-corrected chi connectivity index (χ0v) is 12.6. The molecule has 0 unspecified atom stereocenters. The van der Waals surface area contributed by atoms with E-state index in [0.29, 0.717) is 23.3 Å². The largest absolute Gasteiger partial charge is 0.481 e. The van der Waals surface area contributed by atoms with Crippen LogP contribution in [-0.4, -0.2) is 29.1 Å². The van der Waals surface area contributed by atoms with E-state index < -0.39 is 0 Å². The Kier molecular flexibility index (Phi) is 4.17. The summed E-state index contributed by atoms with van der Waals surface area (Å²) in [6.07, 6.45) is 0. The molecule has 0 aliphatic heterocycles. The monoisotopic (exact) mass is 272 g/mol. The van der Waals surface area contributed by atoms with Gasteiger partial charge in [0.15, 0.2) is 5.82 Å². The van der Waals surface area contributed by atoms with Gasteiger partial charge in [0.2, 0.25) is 5.88 Å². The molecule has 0 radical (unpaired) electrons. The average Bonchev–Trinajstić information content (AvgIpc) is 2.45. The molecular weight excluding hydrogens is 252 g/mol. The van der Waals surface area contributed by atoms with Crippen LogP contribution in [0.5, 0.6) is 5.88 Å². The number of pyridine rings is 1. The van der Waals surface area contributed by atoms with Crippen molar-refractivity contribution in [3.8, 4) is 17.4 Å². The molecule has 0 saturated heterocycles. The minimum Gasteiger partial charge on any atom is -0.481 e. The Bertz CT molecular complexity index is 611. The normalized spacial score (nSPS) is 10.7. The van der Waals surface area contributed by atoms with E-state index in [0.717, 1.165) is 17.1 Å². The molecule has 0 bridgehead atoms. The van der Waals surface area contributed by atoms with E-state index in [2.05, 4.69) is 34.1 Å². The van der Waals surface area contributed by atoms with Crippen molar-refractivity contribution >= 4 is 5.82 Å². The van der Waals surface area contributed by atoms with Gasteiger partial charge in [-0.05, 0) is 18.9 Å². The van der Waals surface area contributed by atoms with Crippen molar-refractivity contribution in [2.24, 2.45) is 0 Å². The lowest BCUT2D eigenvalue weighted by molar-refractivity contribution is 0.398. The van der Waals surface area contributed by atoms with E-state index >= 15 is 0 Å². The van der Waals surface area contributed by atoms with Gasteiger partial charge in [0.1, 0.15) is 11.5 Å². The van der Waals surface area contributed by atoms with Crippen molar-refractivity contribution < 1.29 is 4.74 Å². The molecule has 1 N–H and O–H groups in total. The molecule has 0 fully saturated rings. The van der Waals surface area contributed by atoms with Gasteiger partial charge >= 0.3 is 0 Å². The van der Waals surface area contributed by atoms with Gasteiger partial charge < -0.3 is 10.1 Å². The summed E-state index contributed by atoms with van der Waals surface area (Å²) in [5.74, 6) is 2.38. The van der Waals surface area contributed by atoms with Gasteiger partial charge in [-0.1, -0.05) is 19.9 Å². The molecule has 0 aliphatic carbocycles. The maximum Gasteiger partial charge on any atom is 0.213 e. The second-order valence-electron chi connectivity index (χ2n) is 4.86. The topological polar surface area (TPSA) is 59.9 Å². The Labute approximate surface area is 119 Å². The second-order valence-corrected chi connectivity index (χ2v) is 4.86. The van der Waals surface area contributed by atoms with Crippen molar-refractivity contribution in [2.75, 3.05) is 19.5 Å². The maximum absolute atomic E-state index is 5.14. The lowest BCUT2D eigenvalue weighted by atomic mass is 10.0. The van der Waals surface area contributed by atoms with Gasteiger partial charge in [0, 0.05) is 24.4 Å². The minimum absolute atomic E-state index is 0.366. The average molecular weight is 272 g/mol. The summed E-state index contributed by atoms with van der Waals surface area (Å²) in [7, 11) is 3.47. The molecule has 2 aromatic rings. The third-order valence-electron chi connectivity index (χ3n) is 3.11. The summed E-state index contributed by atoms with van der Waals surface area (Å²) < 4.78 is 5.14. The smallest absolute Gasteiger partial charge is 0.213 e. The van der Waals surface area contributed by atoms with Crippen LogP contribution in [0.4, 0.5) is 5.82 Å².